The zero-order valence-electron chi connectivity index (χ0n) is 39.7. The molecule has 0 radical (unpaired) electrons. The van der Waals surface area contributed by atoms with Crippen LogP contribution in [0.4, 0.5) is 0 Å². The molecule has 380 valence electrons. The molecular weight excluding hydrogens is 887 g/mol. The number of rotatable bonds is 30. The monoisotopic (exact) mass is 960 g/mol. The van der Waals surface area contributed by atoms with Crippen molar-refractivity contribution in [1.29, 1.82) is 0 Å². The van der Waals surface area contributed by atoms with Crippen LogP contribution < -0.4 is 54.4 Å². The Morgan fingerprint density at radius 3 is 1.84 bits per heavy atom. The highest BCUT2D eigenvalue weighted by atomic mass is 16.4. The van der Waals surface area contributed by atoms with Crippen LogP contribution in [0.3, 0.4) is 0 Å². The highest BCUT2D eigenvalue weighted by Crippen LogP contribution is 2.21. The number of nitrogens with two attached hydrogens (primary N) is 3. The molecule has 1 aromatic rings. The highest BCUT2D eigenvalue weighted by Gasteiger charge is 2.41. The van der Waals surface area contributed by atoms with Crippen molar-refractivity contribution in [3.05, 3.63) is 35.9 Å². The van der Waals surface area contributed by atoms with E-state index in [1.165, 1.54) is 11.8 Å². The molecule has 1 aliphatic heterocycles. The van der Waals surface area contributed by atoms with Crippen molar-refractivity contribution >= 4 is 59.1 Å². The number of benzene rings is 1. The van der Waals surface area contributed by atoms with Crippen LogP contribution in [-0.4, -0.2) is 149 Å². The quantitative estimate of drug-likeness (QED) is 0.0346. The van der Waals surface area contributed by atoms with E-state index >= 15 is 0 Å². The smallest absolute Gasteiger partial charge is 0.326 e. The highest BCUT2D eigenvalue weighted by molar-refractivity contribution is 5.97. The Morgan fingerprint density at radius 2 is 1.26 bits per heavy atom. The van der Waals surface area contributed by atoms with Crippen LogP contribution in [0.2, 0.25) is 0 Å². The molecule has 15 N–H and O–H groups in total. The van der Waals surface area contributed by atoms with Gasteiger partial charge in [0.05, 0.1) is 19.2 Å². The fourth-order valence-corrected chi connectivity index (χ4v) is 7.50. The predicted molar refractivity (Wildman–Crippen MR) is 248 cm³/mol. The van der Waals surface area contributed by atoms with Gasteiger partial charge in [-0.25, -0.2) is 4.79 Å². The van der Waals surface area contributed by atoms with Gasteiger partial charge in [0.2, 0.25) is 53.2 Å². The second kappa shape index (κ2) is 29.5. The van der Waals surface area contributed by atoms with E-state index in [2.05, 4.69) is 37.2 Å². The van der Waals surface area contributed by atoms with Gasteiger partial charge in [-0.15, -0.1) is 0 Å². The number of carbonyl (C=O) groups excluding carboxylic acids is 9. The summed E-state index contributed by atoms with van der Waals surface area (Å²) in [5.74, 6) is -8.39. The van der Waals surface area contributed by atoms with Crippen molar-refractivity contribution in [1.82, 2.24) is 42.1 Å². The Labute approximate surface area is 396 Å². The van der Waals surface area contributed by atoms with Crippen molar-refractivity contribution in [2.45, 2.75) is 147 Å². The number of aliphatic hydroxyl groups excluding tert-OH is 1. The molecule has 8 atom stereocenters. The van der Waals surface area contributed by atoms with Gasteiger partial charge in [-0.05, 0) is 82.2 Å². The van der Waals surface area contributed by atoms with Crippen LogP contribution in [-0.2, 0) is 54.4 Å². The molecule has 23 heteroatoms. The van der Waals surface area contributed by atoms with E-state index < -0.39 is 114 Å². The van der Waals surface area contributed by atoms with Gasteiger partial charge >= 0.3 is 5.97 Å². The summed E-state index contributed by atoms with van der Waals surface area (Å²) in [5.41, 5.74) is 17.1. The van der Waals surface area contributed by atoms with Gasteiger partial charge in [-0.3, -0.25) is 43.2 Å². The van der Waals surface area contributed by atoms with Gasteiger partial charge in [-0.2, -0.15) is 0 Å². The van der Waals surface area contributed by atoms with E-state index in [0.29, 0.717) is 24.8 Å². The summed E-state index contributed by atoms with van der Waals surface area (Å²) in [5, 5.41) is 38.0. The Hall–Kier alpha value is -6.20. The number of primary amides is 1. The average Bonchev–Trinajstić information content (AvgIpc) is 3.77. The van der Waals surface area contributed by atoms with E-state index in [1.54, 1.807) is 44.2 Å². The minimum absolute atomic E-state index is 0.0182. The summed E-state index contributed by atoms with van der Waals surface area (Å²) in [4.78, 5) is 132. The van der Waals surface area contributed by atoms with Crippen LogP contribution in [0.1, 0.15) is 98.0 Å². The van der Waals surface area contributed by atoms with Gasteiger partial charge in [-0.1, -0.05) is 58.0 Å². The number of unbranched alkanes of at least 4 members (excludes halogenated alkanes) is 1. The maximum atomic E-state index is 13.9. The molecule has 0 saturated carbocycles. The Balaban J connectivity index is 2.26. The minimum Gasteiger partial charge on any atom is -0.480 e. The van der Waals surface area contributed by atoms with Gasteiger partial charge in [0.15, 0.2) is 0 Å². The van der Waals surface area contributed by atoms with Gasteiger partial charge in [0.1, 0.15) is 42.3 Å². The standard InChI is InChI=1S/C45H73N11O12/c1-25(2)20-31(51-36(59)23-47)41(63)53-32(22-28-12-7-6-8-13-28)42(64)52-30(16-17-35(48)58)39(61)49-24-37(60)50-29(14-9-10-18-46)40(62)55-38(27(5)57)44(66)56-19-11-15-34(56)43(65)54-33(45(67)68)21-26(3)4/h6-8,12-13,25-27,29-34,38,57H,9-11,14-24,46-47H2,1-5H3,(H2,48,58)(H,49,61)(H,50,60)(H,51,59)(H,52,64)(H,53,63)(H,54,65)(H,55,62)(H,67,68)/t27-,29+,30+,31+,32+,33+,34+,38+/m1/s1. The summed E-state index contributed by atoms with van der Waals surface area (Å²) in [6, 6.07) is -0.310. The predicted octanol–water partition coefficient (Wildman–Crippen LogP) is -2.84. The maximum Gasteiger partial charge on any atom is 0.326 e. The third-order valence-electron chi connectivity index (χ3n) is 11.0. The molecular formula is C45H73N11O12. The lowest BCUT2D eigenvalue weighted by atomic mass is 10.0. The SMILES string of the molecule is CC(C)C[C@H](NC(=O)[C@@H]1CCCN1C(=O)[C@@H](NC(=O)[C@H](CCCCN)NC(=O)CNC(=O)[C@H](CCC(N)=O)NC(=O)[C@H](Cc1ccccc1)NC(=O)[C@H](CC(C)C)NC(=O)CN)[C@@H](C)O)C(=O)O. The molecule has 68 heavy (non-hydrogen) atoms. The second-order valence-corrected chi connectivity index (χ2v) is 17.8. The Kier molecular flexibility index (Phi) is 25.2. The van der Waals surface area contributed by atoms with E-state index in [1.807, 2.05) is 13.8 Å². The minimum atomic E-state index is -1.58. The van der Waals surface area contributed by atoms with Crippen LogP contribution in [0.5, 0.6) is 0 Å². The van der Waals surface area contributed by atoms with Crippen LogP contribution in [0.15, 0.2) is 30.3 Å². The molecule has 1 saturated heterocycles. The van der Waals surface area contributed by atoms with Crippen LogP contribution >= 0.6 is 0 Å². The number of nitrogens with zero attached hydrogens (tertiary/aromatic N) is 1. The molecule has 1 aliphatic rings. The summed E-state index contributed by atoms with van der Waals surface area (Å²) >= 11 is 0. The van der Waals surface area contributed by atoms with Gasteiger partial charge in [0.25, 0.3) is 0 Å². The molecule has 0 aliphatic carbocycles. The summed E-state index contributed by atoms with van der Waals surface area (Å²) < 4.78 is 0. The first-order chi connectivity index (χ1) is 32.1. The third-order valence-corrected chi connectivity index (χ3v) is 11.0. The van der Waals surface area contributed by atoms with Crippen molar-refractivity contribution in [2.24, 2.45) is 29.0 Å². The molecule has 0 bridgehead atoms. The van der Waals surface area contributed by atoms with E-state index in [0.717, 1.165) is 0 Å². The first kappa shape index (κ1) is 57.9. The number of hydrogen-bond acceptors (Lipinski definition) is 13. The number of aliphatic hydroxyl groups is 1. The number of aliphatic carboxylic acids is 1. The number of amides is 9. The van der Waals surface area contributed by atoms with E-state index in [-0.39, 0.29) is 76.4 Å². The third kappa shape index (κ3) is 20.3. The summed E-state index contributed by atoms with van der Waals surface area (Å²) in [6.45, 7) is 7.76. The molecule has 0 unspecified atom stereocenters. The average molecular weight is 960 g/mol. The molecule has 0 aromatic heterocycles. The van der Waals surface area contributed by atoms with Crippen LogP contribution in [0, 0.1) is 11.8 Å². The Bertz CT molecular complexity index is 1880. The molecule has 1 fully saturated rings. The van der Waals surface area contributed by atoms with Gasteiger partial charge < -0.3 is 69.5 Å². The summed E-state index contributed by atoms with van der Waals surface area (Å²) in [6.07, 6.45) is -0.419. The number of nitrogens with one attached hydrogen (secondary N) is 7. The summed E-state index contributed by atoms with van der Waals surface area (Å²) in [7, 11) is 0. The zero-order chi connectivity index (χ0) is 51.1. The fourth-order valence-electron chi connectivity index (χ4n) is 7.50. The fraction of sp³-hybridized carbons (Fsp3) is 0.644. The number of carbonyl (C=O) groups is 10. The van der Waals surface area contributed by atoms with Gasteiger partial charge in [0, 0.05) is 19.4 Å². The first-order valence-electron chi connectivity index (χ1n) is 23.1. The van der Waals surface area contributed by atoms with Crippen molar-refractivity contribution < 1.29 is 58.2 Å². The van der Waals surface area contributed by atoms with Crippen molar-refractivity contribution in [3.8, 4) is 0 Å². The number of carboxylic acid groups (broad SMARTS) is 1. The Morgan fingerprint density at radius 1 is 0.691 bits per heavy atom. The number of hydrogen-bond donors (Lipinski definition) is 12. The lowest BCUT2D eigenvalue weighted by molar-refractivity contribution is -0.146. The van der Waals surface area contributed by atoms with Crippen molar-refractivity contribution in [3.63, 3.8) is 0 Å². The molecule has 2 rings (SSSR count). The van der Waals surface area contributed by atoms with Crippen molar-refractivity contribution in [2.75, 3.05) is 26.2 Å². The molecule has 9 amide bonds. The molecule has 23 nitrogen and oxygen atoms in total. The largest absolute Gasteiger partial charge is 0.480 e. The lowest BCUT2D eigenvalue weighted by Gasteiger charge is -2.31. The van der Waals surface area contributed by atoms with Crippen LogP contribution in [0.25, 0.3) is 0 Å². The molecule has 1 aromatic carbocycles. The number of likely N-dealkylation sites (tertiary alicyclic amines) is 1. The topological polar surface area (TPSA) is 377 Å². The molecule has 0 spiro atoms. The normalized spacial score (nSPS) is 16.5. The van der Waals surface area contributed by atoms with E-state index in [4.69, 9.17) is 17.2 Å². The molecule has 1 heterocycles. The van der Waals surface area contributed by atoms with E-state index in [9.17, 15) is 58.2 Å². The lowest BCUT2D eigenvalue weighted by Crippen LogP contribution is -2.60. The number of carboxylic acids is 1. The zero-order valence-corrected chi connectivity index (χ0v) is 39.7. The second-order valence-electron chi connectivity index (χ2n) is 17.8. The first-order valence-corrected chi connectivity index (χ1v) is 23.1. The maximum absolute atomic E-state index is 13.9.